The van der Waals surface area contributed by atoms with Gasteiger partial charge in [0.25, 0.3) is 0 Å². The summed E-state index contributed by atoms with van der Waals surface area (Å²) in [5, 5.41) is 11.9. The fourth-order valence-electron chi connectivity index (χ4n) is 1.33. The largest absolute Gasteiger partial charge is 0.385 e. The minimum atomic E-state index is -0.437. The van der Waals surface area contributed by atoms with Crippen molar-refractivity contribution in [1.82, 2.24) is 0 Å². The Bertz CT molecular complexity index is 242. The third-order valence-electron chi connectivity index (χ3n) is 2.03. The first-order valence-corrected chi connectivity index (χ1v) is 6.32. The molecule has 2 nitrogen and oxygen atoms in total. The van der Waals surface area contributed by atoms with Crippen LogP contribution in [0.3, 0.4) is 0 Å². The van der Waals surface area contributed by atoms with E-state index in [1.807, 2.05) is 29.3 Å². The number of hydrogen-bond acceptors (Lipinski definition) is 4. The van der Waals surface area contributed by atoms with E-state index in [9.17, 15) is 5.11 Å². The monoisotopic (exact) mass is 216 g/mol. The molecule has 1 aliphatic heterocycles. The van der Waals surface area contributed by atoms with Gasteiger partial charge in [-0.3, -0.25) is 0 Å². The lowest BCUT2D eigenvalue weighted by Gasteiger charge is -2.25. The van der Waals surface area contributed by atoms with Crippen molar-refractivity contribution in [3.8, 4) is 0 Å². The van der Waals surface area contributed by atoms with Crippen molar-refractivity contribution in [2.45, 2.75) is 12.2 Å². The number of aliphatic hydroxyl groups excluding tert-OH is 1. The van der Waals surface area contributed by atoms with Gasteiger partial charge in [0.05, 0.1) is 12.7 Å². The maximum Gasteiger partial charge on any atom is 0.115 e. The molecule has 1 aromatic heterocycles. The van der Waals surface area contributed by atoms with Crippen LogP contribution in [-0.4, -0.2) is 29.3 Å². The normalized spacial score (nSPS) is 25.8. The number of aliphatic hydroxyl groups is 1. The van der Waals surface area contributed by atoms with Gasteiger partial charge in [0.2, 0.25) is 0 Å². The van der Waals surface area contributed by atoms with Gasteiger partial charge >= 0.3 is 0 Å². The molecule has 1 fully saturated rings. The quantitative estimate of drug-likeness (QED) is 0.819. The van der Waals surface area contributed by atoms with Crippen molar-refractivity contribution in [2.75, 3.05) is 18.1 Å². The molecular weight excluding hydrogens is 204 g/mol. The number of rotatable bonds is 2. The Morgan fingerprint density at radius 3 is 3.15 bits per heavy atom. The number of ether oxygens (including phenoxy) is 1. The first-order valence-electron chi connectivity index (χ1n) is 4.29. The molecule has 0 amide bonds. The van der Waals surface area contributed by atoms with E-state index in [0.29, 0.717) is 0 Å². The zero-order valence-corrected chi connectivity index (χ0v) is 8.81. The SMILES string of the molecule is OC(c1cccs1)C1CSCCO1. The second-order valence-electron chi connectivity index (χ2n) is 2.94. The lowest BCUT2D eigenvalue weighted by Crippen LogP contribution is -2.29. The fraction of sp³-hybridized carbons (Fsp3) is 0.556. The van der Waals surface area contributed by atoms with E-state index < -0.39 is 6.10 Å². The Morgan fingerprint density at radius 2 is 2.54 bits per heavy atom. The lowest BCUT2D eigenvalue weighted by molar-refractivity contribution is -0.0211. The molecule has 1 aliphatic rings. The molecule has 2 atom stereocenters. The van der Waals surface area contributed by atoms with E-state index in [-0.39, 0.29) is 6.10 Å². The Hall–Kier alpha value is -0.0300. The third kappa shape index (κ3) is 2.26. The summed E-state index contributed by atoms with van der Waals surface area (Å²) in [5.74, 6) is 1.95. The van der Waals surface area contributed by atoms with Gasteiger partial charge in [-0.2, -0.15) is 11.8 Å². The molecule has 0 aromatic carbocycles. The van der Waals surface area contributed by atoms with E-state index in [0.717, 1.165) is 23.0 Å². The average molecular weight is 216 g/mol. The summed E-state index contributed by atoms with van der Waals surface area (Å²) in [7, 11) is 0. The fourth-order valence-corrected chi connectivity index (χ4v) is 2.99. The highest BCUT2D eigenvalue weighted by Crippen LogP contribution is 2.27. The second-order valence-corrected chi connectivity index (χ2v) is 5.07. The molecule has 0 radical (unpaired) electrons. The summed E-state index contributed by atoms with van der Waals surface area (Å²) >= 11 is 3.43. The zero-order valence-electron chi connectivity index (χ0n) is 7.18. The zero-order chi connectivity index (χ0) is 9.10. The van der Waals surface area contributed by atoms with Crippen molar-refractivity contribution in [1.29, 1.82) is 0 Å². The van der Waals surface area contributed by atoms with Gasteiger partial charge in [0.1, 0.15) is 6.10 Å². The van der Waals surface area contributed by atoms with E-state index in [4.69, 9.17) is 4.74 Å². The van der Waals surface area contributed by atoms with Gasteiger partial charge in [0.15, 0.2) is 0 Å². The minimum Gasteiger partial charge on any atom is -0.385 e. The Labute approximate surface area is 85.9 Å². The molecule has 2 heterocycles. The number of hydrogen-bond donors (Lipinski definition) is 1. The van der Waals surface area contributed by atoms with E-state index in [2.05, 4.69) is 0 Å². The summed E-state index contributed by atoms with van der Waals surface area (Å²) in [5.41, 5.74) is 0. The smallest absolute Gasteiger partial charge is 0.115 e. The van der Waals surface area contributed by atoms with Crippen molar-refractivity contribution < 1.29 is 9.84 Å². The highest BCUT2D eigenvalue weighted by Gasteiger charge is 2.24. The van der Waals surface area contributed by atoms with Crippen LogP contribution in [0.25, 0.3) is 0 Å². The highest BCUT2D eigenvalue weighted by molar-refractivity contribution is 7.99. The molecular formula is C9H12O2S2. The van der Waals surface area contributed by atoms with Crippen molar-refractivity contribution >= 4 is 23.1 Å². The molecule has 0 aliphatic carbocycles. The topological polar surface area (TPSA) is 29.5 Å². The Kier molecular flexibility index (Phi) is 3.27. The predicted molar refractivity (Wildman–Crippen MR) is 56.3 cm³/mol. The highest BCUT2D eigenvalue weighted by atomic mass is 32.2. The maximum absolute atomic E-state index is 9.91. The molecule has 0 bridgehead atoms. The van der Waals surface area contributed by atoms with Gasteiger partial charge in [-0.15, -0.1) is 11.3 Å². The first kappa shape index (κ1) is 9.52. The molecule has 0 spiro atoms. The summed E-state index contributed by atoms with van der Waals surface area (Å²) in [6.45, 7) is 0.762. The third-order valence-corrected chi connectivity index (χ3v) is 3.99. The van der Waals surface area contributed by atoms with Gasteiger partial charge in [-0.1, -0.05) is 6.07 Å². The standard InChI is InChI=1S/C9H12O2S2/c10-9(8-2-1-4-13-8)7-6-12-5-3-11-7/h1-2,4,7,9-10H,3,5-6H2. The van der Waals surface area contributed by atoms with Crippen LogP contribution in [0, 0.1) is 0 Å². The van der Waals surface area contributed by atoms with Crippen molar-refractivity contribution in [3.05, 3.63) is 22.4 Å². The van der Waals surface area contributed by atoms with Crippen LogP contribution < -0.4 is 0 Å². The number of thioether (sulfide) groups is 1. The van der Waals surface area contributed by atoms with E-state index in [1.54, 1.807) is 11.3 Å². The van der Waals surface area contributed by atoms with Crippen molar-refractivity contribution in [3.63, 3.8) is 0 Å². The molecule has 1 aromatic rings. The van der Waals surface area contributed by atoms with Crippen LogP contribution in [0.5, 0.6) is 0 Å². The van der Waals surface area contributed by atoms with Crippen LogP contribution in [0.2, 0.25) is 0 Å². The van der Waals surface area contributed by atoms with E-state index in [1.165, 1.54) is 0 Å². The minimum absolute atomic E-state index is 0.0163. The van der Waals surface area contributed by atoms with Gasteiger partial charge in [0, 0.05) is 16.4 Å². The molecule has 72 valence electrons. The molecule has 13 heavy (non-hydrogen) atoms. The van der Waals surface area contributed by atoms with Crippen LogP contribution in [0.1, 0.15) is 11.0 Å². The lowest BCUT2D eigenvalue weighted by atomic mass is 10.2. The average Bonchev–Trinajstić information content (AvgIpc) is 2.71. The summed E-state index contributed by atoms with van der Waals surface area (Å²) < 4.78 is 5.50. The summed E-state index contributed by atoms with van der Waals surface area (Å²) in [6, 6.07) is 3.91. The Morgan fingerprint density at radius 1 is 1.62 bits per heavy atom. The molecule has 2 unspecified atom stereocenters. The van der Waals surface area contributed by atoms with Crippen LogP contribution >= 0.6 is 23.1 Å². The van der Waals surface area contributed by atoms with Crippen molar-refractivity contribution in [2.24, 2.45) is 0 Å². The van der Waals surface area contributed by atoms with Gasteiger partial charge in [-0.05, 0) is 11.4 Å². The van der Waals surface area contributed by atoms with Crippen LogP contribution in [0.4, 0.5) is 0 Å². The predicted octanol–water partition coefficient (Wildman–Crippen LogP) is 1.91. The van der Waals surface area contributed by atoms with Crippen LogP contribution in [0.15, 0.2) is 17.5 Å². The second kappa shape index (κ2) is 4.46. The molecule has 4 heteroatoms. The molecule has 1 N–H and O–H groups in total. The maximum atomic E-state index is 9.91. The van der Waals surface area contributed by atoms with E-state index >= 15 is 0 Å². The molecule has 0 saturated carbocycles. The van der Waals surface area contributed by atoms with Gasteiger partial charge < -0.3 is 9.84 Å². The summed E-state index contributed by atoms with van der Waals surface area (Å²) in [6.07, 6.45) is -0.454. The van der Waals surface area contributed by atoms with Gasteiger partial charge in [-0.25, -0.2) is 0 Å². The molecule has 2 rings (SSSR count). The Balaban J connectivity index is 1.99. The number of thiophene rings is 1. The van der Waals surface area contributed by atoms with Crippen LogP contribution in [-0.2, 0) is 4.74 Å². The molecule has 1 saturated heterocycles. The first-order chi connectivity index (χ1) is 6.38. The summed E-state index contributed by atoms with van der Waals surface area (Å²) in [4.78, 5) is 1.01.